The fraction of sp³-hybridized carbons (Fsp3) is 0.636. The Morgan fingerprint density at radius 2 is 2.27 bits per heavy atom. The Labute approximate surface area is 90.2 Å². The van der Waals surface area contributed by atoms with Crippen molar-refractivity contribution in [2.75, 3.05) is 6.61 Å². The van der Waals surface area contributed by atoms with Crippen molar-refractivity contribution in [3.63, 3.8) is 0 Å². The standard InChI is InChI=1S/C11H18N2O2/c1-5-15-11(14)10(8(2)3)9-6-7-13(4)12-9/h6-8,10H,5H2,1-4H3. The molecule has 1 rings (SSSR count). The quantitative estimate of drug-likeness (QED) is 0.711. The van der Waals surface area contributed by atoms with E-state index in [2.05, 4.69) is 5.10 Å². The van der Waals surface area contributed by atoms with Gasteiger partial charge in [-0.1, -0.05) is 13.8 Å². The summed E-state index contributed by atoms with van der Waals surface area (Å²) in [5.41, 5.74) is 0.783. The number of aromatic nitrogens is 2. The molecule has 0 aliphatic rings. The van der Waals surface area contributed by atoms with Crippen LogP contribution in [-0.4, -0.2) is 22.4 Å². The van der Waals surface area contributed by atoms with Crippen LogP contribution in [0, 0.1) is 5.92 Å². The van der Waals surface area contributed by atoms with E-state index in [1.807, 2.05) is 40.1 Å². The van der Waals surface area contributed by atoms with Crippen molar-refractivity contribution in [1.29, 1.82) is 0 Å². The summed E-state index contributed by atoms with van der Waals surface area (Å²) in [7, 11) is 1.84. The number of carbonyl (C=O) groups is 1. The van der Waals surface area contributed by atoms with E-state index < -0.39 is 0 Å². The molecule has 0 spiro atoms. The van der Waals surface area contributed by atoms with Crippen molar-refractivity contribution < 1.29 is 9.53 Å². The smallest absolute Gasteiger partial charge is 0.315 e. The average Bonchev–Trinajstić information content (AvgIpc) is 2.51. The zero-order valence-corrected chi connectivity index (χ0v) is 9.73. The van der Waals surface area contributed by atoms with Crippen LogP contribution in [0.2, 0.25) is 0 Å². The zero-order chi connectivity index (χ0) is 11.4. The molecule has 0 amide bonds. The molecule has 15 heavy (non-hydrogen) atoms. The molecule has 0 N–H and O–H groups in total. The maximum absolute atomic E-state index is 11.7. The van der Waals surface area contributed by atoms with Crippen LogP contribution < -0.4 is 0 Å². The molecule has 0 saturated heterocycles. The molecule has 1 unspecified atom stereocenters. The highest BCUT2D eigenvalue weighted by Crippen LogP contribution is 2.24. The Morgan fingerprint density at radius 3 is 2.67 bits per heavy atom. The van der Waals surface area contributed by atoms with E-state index in [0.717, 1.165) is 5.69 Å². The Balaban J connectivity index is 2.88. The van der Waals surface area contributed by atoms with E-state index in [1.165, 1.54) is 0 Å². The molecular formula is C11H18N2O2. The molecule has 0 radical (unpaired) electrons. The monoisotopic (exact) mass is 210 g/mol. The number of esters is 1. The normalized spacial score (nSPS) is 12.9. The van der Waals surface area contributed by atoms with Crippen LogP contribution in [0.3, 0.4) is 0 Å². The Bertz CT molecular complexity index is 331. The van der Waals surface area contributed by atoms with E-state index in [-0.39, 0.29) is 17.8 Å². The lowest BCUT2D eigenvalue weighted by atomic mass is 9.93. The van der Waals surface area contributed by atoms with Crippen LogP contribution in [0.4, 0.5) is 0 Å². The lowest BCUT2D eigenvalue weighted by Crippen LogP contribution is -2.21. The van der Waals surface area contributed by atoms with Crippen molar-refractivity contribution in [3.05, 3.63) is 18.0 Å². The minimum atomic E-state index is -0.258. The van der Waals surface area contributed by atoms with Crippen molar-refractivity contribution in [3.8, 4) is 0 Å². The van der Waals surface area contributed by atoms with Gasteiger partial charge in [0.1, 0.15) is 5.92 Å². The SMILES string of the molecule is CCOC(=O)C(c1ccn(C)n1)C(C)C. The minimum Gasteiger partial charge on any atom is -0.465 e. The van der Waals surface area contributed by atoms with Crippen molar-refractivity contribution >= 4 is 5.97 Å². The Hall–Kier alpha value is -1.32. The molecule has 4 nitrogen and oxygen atoms in total. The Kier molecular flexibility index (Phi) is 3.88. The molecule has 0 aliphatic carbocycles. The maximum atomic E-state index is 11.7. The third-order valence-corrected chi connectivity index (χ3v) is 2.26. The summed E-state index contributed by atoms with van der Waals surface area (Å²) in [6, 6.07) is 1.86. The topological polar surface area (TPSA) is 44.1 Å². The molecule has 0 aromatic carbocycles. The van der Waals surface area contributed by atoms with E-state index in [9.17, 15) is 4.79 Å². The van der Waals surface area contributed by atoms with E-state index in [1.54, 1.807) is 4.68 Å². The third kappa shape index (κ3) is 2.81. The highest BCUT2D eigenvalue weighted by atomic mass is 16.5. The van der Waals surface area contributed by atoms with Gasteiger partial charge in [0.15, 0.2) is 0 Å². The van der Waals surface area contributed by atoms with Gasteiger partial charge in [0.2, 0.25) is 0 Å². The molecule has 4 heteroatoms. The van der Waals surface area contributed by atoms with Crippen LogP contribution in [0.25, 0.3) is 0 Å². The molecule has 1 aromatic heterocycles. The lowest BCUT2D eigenvalue weighted by molar-refractivity contribution is -0.146. The van der Waals surface area contributed by atoms with Crippen LogP contribution in [0.1, 0.15) is 32.4 Å². The minimum absolute atomic E-state index is 0.189. The van der Waals surface area contributed by atoms with Gasteiger partial charge in [0.25, 0.3) is 0 Å². The molecular weight excluding hydrogens is 192 g/mol. The second-order valence-electron chi connectivity index (χ2n) is 3.89. The molecule has 0 fully saturated rings. The van der Waals surface area contributed by atoms with Crippen molar-refractivity contribution in [2.24, 2.45) is 13.0 Å². The van der Waals surface area contributed by atoms with Gasteiger partial charge in [-0.2, -0.15) is 5.10 Å². The summed E-state index contributed by atoms with van der Waals surface area (Å²) >= 11 is 0. The van der Waals surface area contributed by atoms with Gasteiger partial charge >= 0.3 is 5.97 Å². The predicted molar refractivity (Wildman–Crippen MR) is 57.4 cm³/mol. The summed E-state index contributed by atoms with van der Waals surface area (Å²) in [5.74, 6) is -0.253. The first kappa shape index (κ1) is 11.8. The molecule has 84 valence electrons. The average molecular weight is 210 g/mol. The summed E-state index contributed by atoms with van der Waals surface area (Å²) in [5, 5.41) is 4.25. The van der Waals surface area contributed by atoms with Crippen LogP contribution in [0.5, 0.6) is 0 Å². The van der Waals surface area contributed by atoms with Gasteiger partial charge < -0.3 is 4.74 Å². The van der Waals surface area contributed by atoms with Gasteiger partial charge in [-0.3, -0.25) is 9.48 Å². The second kappa shape index (κ2) is 4.96. The number of hydrogen-bond donors (Lipinski definition) is 0. The molecule has 1 atom stereocenters. The number of rotatable bonds is 4. The molecule has 1 heterocycles. The van der Waals surface area contributed by atoms with Crippen molar-refractivity contribution in [2.45, 2.75) is 26.7 Å². The van der Waals surface area contributed by atoms with Crippen LogP contribution in [0.15, 0.2) is 12.3 Å². The predicted octanol–water partition coefficient (Wildman–Crippen LogP) is 1.72. The first-order valence-electron chi connectivity index (χ1n) is 5.22. The highest BCUT2D eigenvalue weighted by Gasteiger charge is 2.27. The number of hydrogen-bond acceptors (Lipinski definition) is 3. The maximum Gasteiger partial charge on any atom is 0.315 e. The van der Waals surface area contributed by atoms with Crippen LogP contribution >= 0.6 is 0 Å². The summed E-state index contributed by atoms with van der Waals surface area (Å²) < 4.78 is 6.74. The second-order valence-corrected chi connectivity index (χ2v) is 3.89. The molecule has 1 aromatic rings. The number of ether oxygens (including phenoxy) is 1. The lowest BCUT2D eigenvalue weighted by Gasteiger charge is -2.16. The molecule has 0 saturated carbocycles. The first-order valence-corrected chi connectivity index (χ1v) is 5.22. The summed E-state index contributed by atoms with van der Waals surface area (Å²) in [4.78, 5) is 11.7. The first-order chi connectivity index (χ1) is 7.06. The van der Waals surface area contributed by atoms with Gasteiger partial charge in [-0.05, 0) is 18.9 Å². The van der Waals surface area contributed by atoms with E-state index >= 15 is 0 Å². The van der Waals surface area contributed by atoms with E-state index in [4.69, 9.17) is 4.74 Å². The summed E-state index contributed by atoms with van der Waals surface area (Å²) in [6.07, 6.45) is 1.84. The number of nitrogens with zero attached hydrogens (tertiary/aromatic N) is 2. The number of aryl methyl sites for hydroxylation is 1. The van der Waals surface area contributed by atoms with E-state index in [0.29, 0.717) is 6.61 Å². The number of carbonyl (C=O) groups excluding carboxylic acids is 1. The fourth-order valence-corrected chi connectivity index (χ4v) is 1.57. The third-order valence-electron chi connectivity index (χ3n) is 2.26. The van der Waals surface area contributed by atoms with Crippen LogP contribution in [-0.2, 0) is 16.6 Å². The largest absolute Gasteiger partial charge is 0.465 e. The molecule has 0 bridgehead atoms. The van der Waals surface area contributed by atoms with Crippen molar-refractivity contribution in [1.82, 2.24) is 9.78 Å². The van der Waals surface area contributed by atoms with Gasteiger partial charge in [-0.15, -0.1) is 0 Å². The van der Waals surface area contributed by atoms with Gasteiger partial charge in [-0.25, -0.2) is 0 Å². The zero-order valence-electron chi connectivity index (χ0n) is 9.73. The highest BCUT2D eigenvalue weighted by molar-refractivity contribution is 5.77. The summed E-state index contributed by atoms with van der Waals surface area (Å²) in [6.45, 7) is 6.22. The van der Waals surface area contributed by atoms with Gasteiger partial charge in [0.05, 0.1) is 12.3 Å². The Morgan fingerprint density at radius 1 is 1.60 bits per heavy atom. The molecule has 0 aliphatic heterocycles. The van der Waals surface area contributed by atoms with Gasteiger partial charge in [0, 0.05) is 13.2 Å². The fourth-order valence-electron chi connectivity index (χ4n) is 1.57.